The van der Waals surface area contributed by atoms with Crippen LogP contribution in [0.4, 0.5) is 0 Å². The fourth-order valence-electron chi connectivity index (χ4n) is 1.24. The number of nitrogens with zero attached hydrogens (tertiary/aromatic N) is 2. The molecule has 2 aromatic heterocycles. The van der Waals surface area contributed by atoms with Crippen LogP contribution in [0.1, 0.15) is 18.5 Å². The van der Waals surface area contributed by atoms with Crippen LogP contribution in [0.3, 0.4) is 0 Å². The standard InChI is InChI=1S/C9H10BrN3/c1-6(11)7-2-3-9-12-4-8(10)13(9)5-7/h2-6H,11H2,1H3/t6-/m0/s1. The topological polar surface area (TPSA) is 43.3 Å². The van der Waals surface area contributed by atoms with E-state index >= 15 is 0 Å². The largest absolute Gasteiger partial charge is 0.324 e. The Bertz CT molecular complexity index is 433. The summed E-state index contributed by atoms with van der Waals surface area (Å²) in [6.45, 7) is 1.96. The Labute approximate surface area is 84.7 Å². The third-order valence-corrected chi connectivity index (χ3v) is 2.60. The Morgan fingerprint density at radius 1 is 1.54 bits per heavy atom. The Morgan fingerprint density at radius 3 is 3.00 bits per heavy atom. The summed E-state index contributed by atoms with van der Waals surface area (Å²) in [5, 5.41) is 0. The van der Waals surface area contributed by atoms with Gasteiger partial charge < -0.3 is 5.73 Å². The van der Waals surface area contributed by atoms with Crippen molar-refractivity contribution in [3.63, 3.8) is 0 Å². The Balaban J connectivity index is 2.66. The monoisotopic (exact) mass is 239 g/mol. The highest BCUT2D eigenvalue weighted by Crippen LogP contribution is 2.16. The van der Waals surface area contributed by atoms with E-state index in [1.165, 1.54) is 0 Å². The molecule has 2 rings (SSSR count). The number of hydrogen-bond acceptors (Lipinski definition) is 2. The van der Waals surface area contributed by atoms with Crippen LogP contribution in [0, 0.1) is 0 Å². The average Bonchev–Trinajstić information content (AvgIpc) is 2.47. The van der Waals surface area contributed by atoms with E-state index in [4.69, 9.17) is 5.73 Å². The molecule has 0 radical (unpaired) electrons. The molecule has 3 nitrogen and oxygen atoms in total. The van der Waals surface area contributed by atoms with Gasteiger partial charge in [-0.25, -0.2) is 4.98 Å². The number of nitrogens with two attached hydrogens (primary N) is 1. The molecular weight excluding hydrogens is 230 g/mol. The lowest BCUT2D eigenvalue weighted by Gasteiger charge is -2.05. The minimum atomic E-state index is 0.0544. The molecule has 0 amide bonds. The Hall–Kier alpha value is -0.870. The molecule has 0 aliphatic carbocycles. The molecule has 68 valence electrons. The van der Waals surface area contributed by atoms with E-state index in [0.717, 1.165) is 15.8 Å². The molecule has 0 spiro atoms. The Kier molecular flexibility index (Phi) is 2.09. The minimum Gasteiger partial charge on any atom is -0.324 e. The molecule has 2 aromatic rings. The zero-order valence-electron chi connectivity index (χ0n) is 7.24. The van der Waals surface area contributed by atoms with Crippen molar-refractivity contribution in [2.24, 2.45) is 5.73 Å². The van der Waals surface area contributed by atoms with Crippen molar-refractivity contribution in [2.75, 3.05) is 0 Å². The summed E-state index contributed by atoms with van der Waals surface area (Å²) in [7, 11) is 0. The molecule has 2 N–H and O–H groups in total. The van der Waals surface area contributed by atoms with E-state index in [2.05, 4.69) is 20.9 Å². The first kappa shape index (κ1) is 8.72. The van der Waals surface area contributed by atoms with Gasteiger partial charge in [-0.05, 0) is 34.5 Å². The third-order valence-electron chi connectivity index (χ3n) is 2.01. The van der Waals surface area contributed by atoms with Crippen LogP contribution >= 0.6 is 15.9 Å². The number of imidazole rings is 1. The van der Waals surface area contributed by atoms with E-state index in [-0.39, 0.29) is 6.04 Å². The van der Waals surface area contributed by atoms with Crippen molar-refractivity contribution in [3.8, 4) is 0 Å². The summed E-state index contributed by atoms with van der Waals surface area (Å²) in [5.41, 5.74) is 7.80. The molecule has 1 atom stereocenters. The fourth-order valence-corrected chi connectivity index (χ4v) is 1.62. The lowest BCUT2D eigenvalue weighted by molar-refractivity contribution is 0.807. The molecule has 0 unspecified atom stereocenters. The molecule has 0 bridgehead atoms. The summed E-state index contributed by atoms with van der Waals surface area (Å²) in [5.74, 6) is 0. The zero-order valence-corrected chi connectivity index (χ0v) is 8.82. The second kappa shape index (κ2) is 3.12. The molecule has 4 heteroatoms. The number of halogens is 1. The van der Waals surface area contributed by atoms with Gasteiger partial charge >= 0.3 is 0 Å². The van der Waals surface area contributed by atoms with Gasteiger partial charge in [-0.1, -0.05) is 6.07 Å². The highest BCUT2D eigenvalue weighted by Gasteiger charge is 2.03. The molecule has 0 saturated heterocycles. The van der Waals surface area contributed by atoms with Crippen LogP contribution in [0.2, 0.25) is 0 Å². The number of pyridine rings is 1. The van der Waals surface area contributed by atoms with Crippen LogP contribution in [-0.4, -0.2) is 9.38 Å². The van der Waals surface area contributed by atoms with Gasteiger partial charge in [0, 0.05) is 12.2 Å². The van der Waals surface area contributed by atoms with Gasteiger partial charge in [-0.2, -0.15) is 0 Å². The molecule has 0 aromatic carbocycles. The fraction of sp³-hybridized carbons (Fsp3) is 0.222. The van der Waals surface area contributed by atoms with Crippen LogP contribution < -0.4 is 5.73 Å². The van der Waals surface area contributed by atoms with Gasteiger partial charge in [-0.15, -0.1) is 0 Å². The first-order valence-electron chi connectivity index (χ1n) is 4.06. The molecule has 2 heterocycles. The van der Waals surface area contributed by atoms with Crippen molar-refractivity contribution in [2.45, 2.75) is 13.0 Å². The number of hydrogen-bond donors (Lipinski definition) is 1. The smallest absolute Gasteiger partial charge is 0.137 e. The van der Waals surface area contributed by atoms with Gasteiger partial charge in [-0.3, -0.25) is 4.40 Å². The maximum Gasteiger partial charge on any atom is 0.137 e. The van der Waals surface area contributed by atoms with Gasteiger partial charge in [0.1, 0.15) is 10.3 Å². The predicted molar refractivity (Wildman–Crippen MR) is 55.5 cm³/mol. The molecule has 0 fully saturated rings. The summed E-state index contributed by atoms with van der Waals surface area (Å²) in [6.07, 6.45) is 3.78. The lowest BCUT2D eigenvalue weighted by Crippen LogP contribution is -2.05. The van der Waals surface area contributed by atoms with E-state index in [9.17, 15) is 0 Å². The van der Waals surface area contributed by atoms with Crippen LogP contribution in [0.25, 0.3) is 5.65 Å². The summed E-state index contributed by atoms with van der Waals surface area (Å²) in [6, 6.07) is 4.02. The van der Waals surface area contributed by atoms with E-state index in [1.807, 2.05) is 29.7 Å². The van der Waals surface area contributed by atoms with Crippen molar-refractivity contribution in [3.05, 3.63) is 34.7 Å². The van der Waals surface area contributed by atoms with Crippen molar-refractivity contribution in [1.29, 1.82) is 0 Å². The van der Waals surface area contributed by atoms with Crippen molar-refractivity contribution < 1.29 is 0 Å². The normalized spacial score (nSPS) is 13.5. The van der Waals surface area contributed by atoms with Gasteiger partial charge in [0.25, 0.3) is 0 Å². The quantitative estimate of drug-likeness (QED) is 0.829. The zero-order chi connectivity index (χ0) is 9.42. The predicted octanol–water partition coefficient (Wildman–Crippen LogP) is 2.12. The number of fused-ring (bicyclic) bond motifs is 1. The van der Waals surface area contributed by atoms with Gasteiger partial charge in [0.2, 0.25) is 0 Å². The second-order valence-electron chi connectivity index (χ2n) is 3.06. The summed E-state index contributed by atoms with van der Waals surface area (Å²) < 4.78 is 2.92. The van der Waals surface area contributed by atoms with Crippen LogP contribution in [0.15, 0.2) is 29.1 Å². The SMILES string of the molecule is C[C@H](N)c1ccc2ncc(Br)n2c1. The maximum atomic E-state index is 5.77. The number of aromatic nitrogens is 2. The molecular formula is C9H10BrN3. The second-order valence-corrected chi connectivity index (χ2v) is 3.87. The molecule has 0 aliphatic rings. The third kappa shape index (κ3) is 1.47. The summed E-state index contributed by atoms with van der Waals surface area (Å²) >= 11 is 3.41. The average molecular weight is 240 g/mol. The van der Waals surface area contributed by atoms with Crippen molar-refractivity contribution in [1.82, 2.24) is 9.38 Å². The molecule has 0 saturated carbocycles. The van der Waals surface area contributed by atoms with Gasteiger partial charge in [0.15, 0.2) is 0 Å². The van der Waals surface area contributed by atoms with Crippen LogP contribution in [0.5, 0.6) is 0 Å². The highest BCUT2D eigenvalue weighted by atomic mass is 79.9. The van der Waals surface area contributed by atoms with Crippen molar-refractivity contribution >= 4 is 21.6 Å². The summed E-state index contributed by atoms with van der Waals surface area (Å²) in [4.78, 5) is 4.19. The molecule has 13 heavy (non-hydrogen) atoms. The lowest BCUT2D eigenvalue weighted by atomic mass is 10.2. The highest BCUT2D eigenvalue weighted by molar-refractivity contribution is 9.10. The van der Waals surface area contributed by atoms with E-state index in [0.29, 0.717) is 0 Å². The minimum absolute atomic E-state index is 0.0544. The van der Waals surface area contributed by atoms with E-state index < -0.39 is 0 Å². The first-order chi connectivity index (χ1) is 6.18. The first-order valence-corrected chi connectivity index (χ1v) is 4.86. The molecule has 0 aliphatic heterocycles. The number of rotatable bonds is 1. The van der Waals surface area contributed by atoms with Crippen LogP contribution in [-0.2, 0) is 0 Å². The van der Waals surface area contributed by atoms with Gasteiger partial charge in [0.05, 0.1) is 6.20 Å². The van der Waals surface area contributed by atoms with E-state index in [1.54, 1.807) is 6.20 Å². The maximum absolute atomic E-state index is 5.77. The Morgan fingerprint density at radius 2 is 2.31 bits per heavy atom.